The van der Waals surface area contributed by atoms with Crippen molar-refractivity contribution in [2.24, 2.45) is 0 Å². The zero-order valence-electron chi connectivity index (χ0n) is 17.3. The largest absolute Gasteiger partial charge is 0.493 e. The Bertz CT molecular complexity index is 789. The van der Waals surface area contributed by atoms with E-state index in [0.29, 0.717) is 0 Å². The van der Waals surface area contributed by atoms with Crippen molar-refractivity contribution in [3.63, 3.8) is 0 Å². The fourth-order valence-corrected chi connectivity index (χ4v) is 3.89. The van der Waals surface area contributed by atoms with E-state index in [0.717, 1.165) is 50.4 Å². The van der Waals surface area contributed by atoms with Crippen molar-refractivity contribution in [1.29, 1.82) is 0 Å². The van der Waals surface area contributed by atoms with E-state index >= 15 is 0 Å². The topological polar surface area (TPSA) is 18.5 Å². The highest BCUT2D eigenvalue weighted by atomic mass is 16.5. The van der Waals surface area contributed by atoms with Crippen LogP contribution in [0.5, 0.6) is 11.5 Å². The molecule has 0 spiro atoms. The monoisotopic (exact) mass is 366 g/mol. The van der Waals surface area contributed by atoms with Gasteiger partial charge in [0.15, 0.2) is 0 Å². The lowest BCUT2D eigenvalue weighted by Gasteiger charge is -2.25. The van der Waals surface area contributed by atoms with Gasteiger partial charge in [0.2, 0.25) is 0 Å². The Hall–Kier alpha value is -1.96. The number of benzene rings is 2. The minimum absolute atomic E-state index is 0.795. The Balaban J connectivity index is 2.00. The maximum Gasteiger partial charge on any atom is 0.131 e. The first-order valence-electron chi connectivity index (χ1n) is 10.7. The lowest BCUT2D eigenvalue weighted by atomic mass is 9.87. The number of fused-ring (bicyclic) bond motifs is 2. The van der Waals surface area contributed by atoms with Crippen LogP contribution in [0.4, 0.5) is 0 Å². The molecule has 0 unspecified atom stereocenters. The van der Waals surface area contributed by atoms with Crippen LogP contribution in [0.3, 0.4) is 0 Å². The first-order valence-corrected chi connectivity index (χ1v) is 10.7. The van der Waals surface area contributed by atoms with Gasteiger partial charge in [0, 0.05) is 21.9 Å². The van der Waals surface area contributed by atoms with E-state index in [1.165, 1.54) is 53.2 Å². The van der Waals surface area contributed by atoms with Gasteiger partial charge in [0.1, 0.15) is 11.5 Å². The van der Waals surface area contributed by atoms with Crippen LogP contribution in [0.15, 0.2) is 35.9 Å². The molecular formula is C25H34O2. The second-order valence-electron chi connectivity index (χ2n) is 7.70. The number of unbranched alkanes of at least 4 members (excludes halogenated alkanes) is 4. The molecule has 0 aromatic heterocycles. The lowest BCUT2D eigenvalue weighted by Crippen LogP contribution is -2.11. The lowest BCUT2D eigenvalue weighted by molar-refractivity contribution is 0.298. The molecule has 0 radical (unpaired) electrons. The van der Waals surface area contributed by atoms with Crippen LogP contribution in [-0.2, 0) is 12.8 Å². The zero-order valence-corrected chi connectivity index (χ0v) is 17.3. The Morgan fingerprint density at radius 1 is 0.778 bits per heavy atom. The van der Waals surface area contributed by atoms with E-state index in [4.69, 9.17) is 9.47 Å². The molecule has 0 saturated heterocycles. The van der Waals surface area contributed by atoms with Gasteiger partial charge in [-0.15, -0.1) is 0 Å². The molecule has 0 aliphatic heterocycles. The van der Waals surface area contributed by atoms with Crippen LogP contribution in [-0.4, -0.2) is 13.2 Å². The first kappa shape index (κ1) is 19.8. The van der Waals surface area contributed by atoms with Crippen molar-refractivity contribution in [1.82, 2.24) is 0 Å². The van der Waals surface area contributed by atoms with Gasteiger partial charge in [-0.25, -0.2) is 0 Å². The fourth-order valence-electron chi connectivity index (χ4n) is 3.89. The van der Waals surface area contributed by atoms with Gasteiger partial charge in [-0.1, -0.05) is 75.4 Å². The van der Waals surface area contributed by atoms with Crippen molar-refractivity contribution in [3.05, 3.63) is 47.0 Å². The summed E-state index contributed by atoms with van der Waals surface area (Å²) in [6.45, 7) is 8.28. The third-order valence-electron chi connectivity index (χ3n) is 5.43. The summed E-state index contributed by atoms with van der Waals surface area (Å²) in [7, 11) is 0. The first-order chi connectivity index (χ1) is 13.3. The number of allylic oxidation sites excluding steroid dienone is 2. The molecule has 0 N–H and O–H groups in total. The van der Waals surface area contributed by atoms with Crippen LogP contribution in [0.2, 0.25) is 0 Å². The summed E-state index contributed by atoms with van der Waals surface area (Å²) in [5, 5.41) is 2.40. The molecule has 2 heteroatoms. The van der Waals surface area contributed by atoms with Crippen LogP contribution in [0.25, 0.3) is 10.8 Å². The maximum absolute atomic E-state index is 6.38. The highest BCUT2D eigenvalue weighted by Crippen LogP contribution is 2.44. The molecule has 3 rings (SSSR count). The summed E-state index contributed by atoms with van der Waals surface area (Å²) >= 11 is 0. The van der Waals surface area contributed by atoms with Crippen molar-refractivity contribution < 1.29 is 9.47 Å². The molecular weight excluding hydrogens is 332 g/mol. The molecule has 146 valence electrons. The summed E-state index contributed by atoms with van der Waals surface area (Å²) in [6.07, 6.45) is 11.4. The van der Waals surface area contributed by atoms with E-state index < -0.39 is 0 Å². The molecule has 1 aliphatic carbocycles. The van der Waals surface area contributed by atoms with E-state index in [9.17, 15) is 0 Å². The SMILES string of the molecule is CCCCCOc1c2c(c(OCCCCC)c3ccccc13)CC(C)=CC2. The zero-order chi connectivity index (χ0) is 19.1. The van der Waals surface area contributed by atoms with E-state index in [2.05, 4.69) is 51.1 Å². The minimum Gasteiger partial charge on any atom is -0.493 e. The Morgan fingerprint density at radius 2 is 1.33 bits per heavy atom. The average molecular weight is 367 g/mol. The minimum atomic E-state index is 0.795. The molecule has 27 heavy (non-hydrogen) atoms. The van der Waals surface area contributed by atoms with Crippen LogP contribution in [0, 0.1) is 0 Å². The second-order valence-corrected chi connectivity index (χ2v) is 7.70. The van der Waals surface area contributed by atoms with Crippen molar-refractivity contribution in [2.75, 3.05) is 13.2 Å². The molecule has 2 aromatic rings. The van der Waals surface area contributed by atoms with Crippen molar-refractivity contribution in [3.8, 4) is 11.5 Å². The third-order valence-corrected chi connectivity index (χ3v) is 5.43. The second kappa shape index (κ2) is 9.82. The fraction of sp³-hybridized carbons (Fsp3) is 0.520. The standard InChI is InChI=1S/C25H34O2/c1-4-6-10-16-26-24-20-12-8-9-13-21(20)25(27-17-11-7-5-2)23-18-19(3)14-15-22(23)24/h8-9,12-14H,4-7,10-11,15-18H2,1-3H3. The van der Waals surface area contributed by atoms with E-state index in [1.807, 2.05) is 0 Å². The van der Waals surface area contributed by atoms with Gasteiger partial charge in [-0.2, -0.15) is 0 Å². The van der Waals surface area contributed by atoms with Crippen LogP contribution >= 0.6 is 0 Å². The molecule has 0 fully saturated rings. The molecule has 0 heterocycles. The third kappa shape index (κ3) is 4.66. The molecule has 2 nitrogen and oxygen atoms in total. The highest BCUT2D eigenvalue weighted by molar-refractivity contribution is 5.96. The smallest absolute Gasteiger partial charge is 0.131 e. The van der Waals surface area contributed by atoms with Gasteiger partial charge in [-0.05, 0) is 32.6 Å². The summed E-state index contributed by atoms with van der Waals surface area (Å²) < 4.78 is 12.8. The summed E-state index contributed by atoms with van der Waals surface area (Å²) in [4.78, 5) is 0. The summed E-state index contributed by atoms with van der Waals surface area (Å²) in [5.41, 5.74) is 4.10. The van der Waals surface area contributed by atoms with Gasteiger partial charge in [-0.3, -0.25) is 0 Å². The quantitative estimate of drug-likeness (QED) is 0.332. The predicted molar refractivity (Wildman–Crippen MR) is 115 cm³/mol. The molecule has 0 amide bonds. The number of hydrogen-bond acceptors (Lipinski definition) is 2. The number of rotatable bonds is 10. The molecule has 0 atom stereocenters. The van der Waals surface area contributed by atoms with E-state index in [-0.39, 0.29) is 0 Å². The van der Waals surface area contributed by atoms with Crippen LogP contribution in [0.1, 0.15) is 70.4 Å². The van der Waals surface area contributed by atoms with E-state index in [1.54, 1.807) is 0 Å². The Labute approximate surface area is 164 Å². The molecule has 1 aliphatic rings. The maximum atomic E-state index is 6.38. The summed E-state index contributed by atoms with van der Waals surface area (Å²) in [5.74, 6) is 2.17. The van der Waals surface area contributed by atoms with Crippen molar-refractivity contribution in [2.45, 2.75) is 72.1 Å². The van der Waals surface area contributed by atoms with Gasteiger partial charge >= 0.3 is 0 Å². The van der Waals surface area contributed by atoms with Gasteiger partial charge in [0.25, 0.3) is 0 Å². The number of ether oxygens (including phenoxy) is 2. The Morgan fingerprint density at radius 3 is 1.89 bits per heavy atom. The molecule has 0 bridgehead atoms. The van der Waals surface area contributed by atoms with Crippen LogP contribution < -0.4 is 9.47 Å². The number of hydrogen-bond donors (Lipinski definition) is 0. The summed E-state index contributed by atoms with van der Waals surface area (Å²) in [6, 6.07) is 8.60. The van der Waals surface area contributed by atoms with Crippen molar-refractivity contribution >= 4 is 10.8 Å². The van der Waals surface area contributed by atoms with Gasteiger partial charge < -0.3 is 9.47 Å². The Kier molecular flexibility index (Phi) is 7.20. The molecule has 0 saturated carbocycles. The predicted octanol–water partition coefficient (Wildman–Crippen LogP) is 7.02. The average Bonchev–Trinajstić information content (AvgIpc) is 2.69. The highest BCUT2D eigenvalue weighted by Gasteiger charge is 2.23. The van der Waals surface area contributed by atoms with Gasteiger partial charge in [0.05, 0.1) is 13.2 Å². The molecule has 2 aromatic carbocycles. The normalized spacial score (nSPS) is 13.4.